The lowest BCUT2D eigenvalue weighted by molar-refractivity contribution is -0.136. The van der Waals surface area contributed by atoms with Gasteiger partial charge in [-0.2, -0.15) is 0 Å². The number of para-hydroxylation sites is 1. The molecule has 3 amide bonds. The number of nitrogens with zero attached hydrogens (tertiary/aromatic N) is 2. The molecule has 8 heteroatoms. The molecule has 170 valence electrons. The zero-order valence-corrected chi connectivity index (χ0v) is 18.4. The predicted molar refractivity (Wildman–Crippen MR) is 119 cm³/mol. The summed E-state index contributed by atoms with van der Waals surface area (Å²) in [4.78, 5) is 41.3. The number of aromatic hydroxyl groups is 1. The molecule has 2 aromatic rings. The topological polar surface area (TPSA) is 99.2 Å². The molecule has 1 fully saturated rings. The molecule has 1 aliphatic heterocycles. The lowest BCUT2D eigenvalue weighted by atomic mass is 10.0. The number of carbonyl (C=O) groups excluding carboxylic acids is 3. The summed E-state index contributed by atoms with van der Waals surface area (Å²) in [6, 6.07) is 15.0. The van der Waals surface area contributed by atoms with Gasteiger partial charge in [-0.25, -0.2) is 4.79 Å². The summed E-state index contributed by atoms with van der Waals surface area (Å²) < 4.78 is 5.26. The van der Waals surface area contributed by atoms with Gasteiger partial charge in [0, 0.05) is 26.2 Å². The van der Waals surface area contributed by atoms with Gasteiger partial charge in [0.25, 0.3) is 5.91 Å². The Morgan fingerprint density at radius 2 is 1.53 bits per heavy atom. The molecule has 2 N–H and O–H groups in total. The van der Waals surface area contributed by atoms with E-state index in [4.69, 9.17) is 4.74 Å². The van der Waals surface area contributed by atoms with Gasteiger partial charge in [-0.15, -0.1) is 0 Å². The number of nitrogens with one attached hydrogen (secondary N) is 1. The third kappa shape index (κ3) is 5.78. The van der Waals surface area contributed by atoms with E-state index in [9.17, 15) is 19.5 Å². The monoisotopic (exact) mass is 439 g/mol. The second-order valence-electron chi connectivity index (χ2n) is 8.06. The van der Waals surface area contributed by atoms with Crippen LogP contribution in [-0.4, -0.2) is 65.0 Å². The molecule has 0 spiro atoms. The Hall–Kier alpha value is -3.55. The Kier molecular flexibility index (Phi) is 7.70. The zero-order valence-electron chi connectivity index (χ0n) is 18.4. The summed E-state index contributed by atoms with van der Waals surface area (Å²) in [6.45, 7) is 5.24. The van der Waals surface area contributed by atoms with Gasteiger partial charge in [-0.1, -0.05) is 56.3 Å². The van der Waals surface area contributed by atoms with Gasteiger partial charge in [0.1, 0.15) is 18.4 Å². The van der Waals surface area contributed by atoms with Gasteiger partial charge in [0.15, 0.2) is 0 Å². The number of hydrogen-bond acceptors (Lipinski definition) is 5. The maximum absolute atomic E-state index is 13.1. The molecule has 2 aromatic carbocycles. The standard InChI is InChI=1S/C24H29N3O5/c1-17(2)21(25-24(31)32-16-18-8-4-3-5-9-18)23(30)27-14-12-26(13-15-27)22(29)19-10-6-7-11-20(19)28/h3-11,17,21,28H,12-16H2,1-2H3,(H,25,31)/t21-/m0/s1. The first kappa shape index (κ1) is 23.1. The number of phenolic OH excluding ortho intramolecular Hbond substituents is 1. The summed E-state index contributed by atoms with van der Waals surface area (Å²) in [5.74, 6) is -0.661. The predicted octanol–water partition coefficient (Wildman–Crippen LogP) is 2.63. The van der Waals surface area contributed by atoms with E-state index in [0.717, 1.165) is 5.56 Å². The van der Waals surface area contributed by atoms with E-state index in [0.29, 0.717) is 26.2 Å². The minimum atomic E-state index is -0.723. The van der Waals surface area contributed by atoms with Gasteiger partial charge >= 0.3 is 6.09 Å². The molecule has 0 aromatic heterocycles. The normalized spacial score (nSPS) is 14.7. The fourth-order valence-electron chi connectivity index (χ4n) is 3.56. The second kappa shape index (κ2) is 10.7. The van der Waals surface area contributed by atoms with Crippen LogP contribution in [0.3, 0.4) is 0 Å². The van der Waals surface area contributed by atoms with Gasteiger partial charge < -0.3 is 25.0 Å². The third-order valence-corrected chi connectivity index (χ3v) is 5.43. The molecule has 0 bridgehead atoms. The molecular weight excluding hydrogens is 410 g/mol. The number of amides is 3. The molecule has 32 heavy (non-hydrogen) atoms. The van der Waals surface area contributed by atoms with E-state index in [1.165, 1.54) is 6.07 Å². The number of ether oxygens (including phenoxy) is 1. The fourth-order valence-corrected chi connectivity index (χ4v) is 3.56. The summed E-state index contributed by atoms with van der Waals surface area (Å²) in [6.07, 6.45) is -0.644. The van der Waals surface area contributed by atoms with Gasteiger partial charge in [-0.05, 0) is 23.6 Å². The van der Waals surface area contributed by atoms with Crippen molar-refractivity contribution >= 4 is 17.9 Å². The second-order valence-corrected chi connectivity index (χ2v) is 8.06. The molecule has 1 aliphatic rings. The number of rotatable bonds is 6. The van der Waals surface area contributed by atoms with Crippen molar-refractivity contribution in [3.63, 3.8) is 0 Å². The maximum atomic E-state index is 13.1. The number of alkyl carbamates (subject to hydrolysis) is 1. The van der Waals surface area contributed by atoms with Crippen molar-refractivity contribution in [2.45, 2.75) is 26.5 Å². The van der Waals surface area contributed by atoms with E-state index in [2.05, 4.69) is 5.32 Å². The minimum Gasteiger partial charge on any atom is -0.507 e. The summed E-state index contributed by atoms with van der Waals surface area (Å²) in [7, 11) is 0. The Bertz CT molecular complexity index is 940. The van der Waals surface area contributed by atoms with Crippen molar-refractivity contribution in [3.05, 3.63) is 65.7 Å². The van der Waals surface area contributed by atoms with E-state index in [1.54, 1.807) is 28.0 Å². The van der Waals surface area contributed by atoms with Crippen LogP contribution in [0.25, 0.3) is 0 Å². The minimum absolute atomic E-state index is 0.0610. The SMILES string of the molecule is CC(C)[C@H](NC(=O)OCc1ccccc1)C(=O)N1CCN(C(=O)c2ccccc2O)CC1. The lowest BCUT2D eigenvalue weighted by Gasteiger charge is -2.37. The first-order valence-electron chi connectivity index (χ1n) is 10.7. The Labute approximate surface area is 187 Å². The van der Waals surface area contributed by atoms with Crippen molar-refractivity contribution in [1.29, 1.82) is 0 Å². The van der Waals surface area contributed by atoms with E-state index in [-0.39, 0.29) is 35.7 Å². The maximum Gasteiger partial charge on any atom is 0.408 e. The molecule has 8 nitrogen and oxygen atoms in total. The zero-order chi connectivity index (χ0) is 23.1. The van der Waals surface area contributed by atoms with Crippen LogP contribution < -0.4 is 5.32 Å². The van der Waals surface area contributed by atoms with Crippen LogP contribution in [0.1, 0.15) is 29.8 Å². The van der Waals surface area contributed by atoms with Crippen LogP contribution in [0, 0.1) is 5.92 Å². The summed E-state index contributed by atoms with van der Waals surface area (Å²) >= 11 is 0. The van der Waals surface area contributed by atoms with Crippen LogP contribution in [0.4, 0.5) is 4.79 Å². The smallest absolute Gasteiger partial charge is 0.408 e. The molecule has 0 aliphatic carbocycles. The van der Waals surface area contributed by atoms with E-state index >= 15 is 0 Å². The lowest BCUT2D eigenvalue weighted by Crippen LogP contribution is -2.57. The van der Waals surface area contributed by atoms with E-state index < -0.39 is 12.1 Å². The van der Waals surface area contributed by atoms with Gasteiger partial charge in [-0.3, -0.25) is 9.59 Å². The average Bonchev–Trinajstić information content (AvgIpc) is 2.81. The van der Waals surface area contributed by atoms with Gasteiger partial charge in [0.05, 0.1) is 5.56 Å². The molecule has 0 saturated carbocycles. The fraction of sp³-hybridized carbons (Fsp3) is 0.375. The number of benzene rings is 2. The molecule has 0 unspecified atom stereocenters. The summed E-state index contributed by atoms with van der Waals surface area (Å²) in [5.41, 5.74) is 1.11. The largest absolute Gasteiger partial charge is 0.507 e. The Balaban J connectivity index is 1.54. The molecular formula is C24H29N3O5. The highest BCUT2D eigenvalue weighted by Gasteiger charge is 2.32. The molecule has 0 radical (unpaired) electrons. The highest BCUT2D eigenvalue weighted by Crippen LogP contribution is 2.19. The van der Waals surface area contributed by atoms with E-state index in [1.807, 2.05) is 44.2 Å². The quantitative estimate of drug-likeness (QED) is 0.721. The number of phenols is 1. The molecule has 1 saturated heterocycles. The van der Waals surface area contributed by atoms with Crippen molar-refractivity contribution in [2.75, 3.05) is 26.2 Å². The van der Waals surface area contributed by atoms with Crippen LogP contribution in [0.15, 0.2) is 54.6 Å². The molecule has 3 rings (SSSR count). The van der Waals surface area contributed by atoms with Crippen LogP contribution >= 0.6 is 0 Å². The number of piperazine rings is 1. The van der Waals surface area contributed by atoms with Crippen molar-refractivity contribution in [3.8, 4) is 5.75 Å². The Morgan fingerprint density at radius 3 is 2.16 bits per heavy atom. The van der Waals surface area contributed by atoms with Crippen LogP contribution in [-0.2, 0) is 16.1 Å². The third-order valence-electron chi connectivity index (χ3n) is 5.43. The Morgan fingerprint density at radius 1 is 0.938 bits per heavy atom. The number of carbonyl (C=O) groups is 3. The first-order chi connectivity index (χ1) is 15.4. The van der Waals surface area contributed by atoms with Gasteiger partial charge in [0.2, 0.25) is 5.91 Å². The average molecular weight is 440 g/mol. The molecule has 1 atom stereocenters. The van der Waals surface area contributed by atoms with Crippen molar-refractivity contribution in [1.82, 2.24) is 15.1 Å². The first-order valence-corrected chi connectivity index (χ1v) is 10.7. The van der Waals surface area contributed by atoms with Crippen LogP contribution in [0.5, 0.6) is 5.75 Å². The van der Waals surface area contributed by atoms with Crippen LogP contribution in [0.2, 0.25) is 0 Å². The molecule has 1 heterocycles. The summed E-state index contributed by atoms with van der Waals surface area (Å²) in [5, 5.41) is 12.6. The highest BCUT2D eigenvalue weighted by atomic mass is 16.5. The van der Waals surface area contributed by atoms with Crippen molar-refractivity contribution < 1.29 is 24.2 Å². The number of hydrogen-bond donors (Lipinski definition) is 2. The van der Waals surface area contributed by atoms with Crippen molar-refractivity contribution in [2.24, 2.45) is 5.92 Å². The highest BCUT2D eigenvalue weighted by molar-refractivity contribution is 5.97.